The van der Waals surface area contributed by atoms with E-state index in [1.807, 2.05) is 11.8 Å². The van der Waals surface area contributed by atoms with E-state index < -0.39 is 0 Å². The Hall–Kier alpha value is -0.650. The minimum Gasteiger partial charge on any atom is -0.378 e. The van der Waals surface area contributed by atoms with Crippen LogP contribution in [0, 0.1) is 0 Å². The van der Waals surface area contributed by atoms with Gasteiger partial charge in [0, 0.05) is 25.7 Å². The molecule has 0 aliphatic carbocycles. The molecule has 1 atom stereocenters. The van der Waals surface area contributed by atoms with Crippen LogP contribution in [-0.4, -0.2) is 67.2 Å². The zero-order valence-electron chi connectivity index (χ0n) is 11.9. The summed E-state index contributed by atoms with van der Waals surface area (Å²) < 4.78 is 5.28. The van der Waals surface area contributed by atoms with Gasteiger partial charge in [-0.3, -0.25) is 9.69 Å². The van der Waals surface area contributed by atoms with Crippen LogP contribution in [0.15, 0.2) is 0 Å². The van der Waals surface area contributed by atoms with E-state index in [1.165, 1.54) is 0 Å². The van der Waals surface area contributed by atoms with E-state index in [-0.39, 0.29) is 11.9 Å². The second kappa shape index (κ2) is 7.71. The van der Waals surface area contributed by atoms with Gasteiger partial charge >= 0.3 is 0 Å². The van der Waals surface area contributed by atoms with Crippen molar-refractivity contribution in [2.45, 2.75) is 39.3 Å². The van der Waals surface area contributed by atoms with Crippen molar-refractivity contribution < 1.29 is 9.53 Å². The molecular formula is C13H27N3O2. The molecule has 0 aromatic rings. The fourth-order valence-electron chi connectivity index (χ4n) is 2.36. The molecule has 1 fully saturated rings. The maximum absolute atomic E-state index is 12.4. The normalized spacial score (nSPS) is 18.4. The molecule has 1 saturated heterocycles. The highest BCUT2D eigenvalue weighted by Gasteiger charge is 2.28. The number of ether oxygens (including phenoxy) is 1. The van der Waals surface area contributed by atoms with Crippen LogP contribution in [0.2, 0.25) is 0 Å². The monoisotopic (exact) mass is 257 g/mol. The second-order valence-corrected chi connectivity index (χ2v) is 5.09. The van der Waals surface area contributed by atoms with E-state index in [0.29, 0.717) is 38.9 Å². The van der Waals surface area contributed by atoms with Gasteiger partial charge < -0.3 is 15.4 Å². The van der Waals surface area contributed by atoms with Gasteiger partial charge in [-0.05, 0) is 33.7 Å². The summed E-state index contributed by atoms with van der Waals surface area (Å²) in [6.07, 6.45) is 0.929. The van der Waals surface area contributed by atoms with Crippen LogP contribution in [0.1, 0.15) is 27.2 Å². The zero-order chi connectivity index (χ0) is 13.5. The Bertz CT molecular complexity index is 253. The Kier molecular flexibility index (Phi) is 6.60. The third-order valence-electron chi connectivity index (χ3n) is 3.46. The van der Waals surface area contributed by atoms with Gasteiger partial charge in [-0.25, -0.2) is 0 Å². The molecule has 2 N–H and O–H groups in total. The van der Waals surface area contributed by atoms with E-state index in [0.717, 1.165) is 13.0 Å². The van der Waals surface area contributed by atoms with Gasteiger partial charge in [-0.2, -0.15) is 0 Å². The summed E-state index contributed by atoms with van der Waals surface area (Å²) in [6, 6.07) is 0.284. The van der Waals surface area contributed by atoms with E-state index in [9.17, 15) is 4.79 Å². The minimum atomic E-state index is -0.0744. The van der Waals surface area contributed by atoms with Crippen molar-refractivity contribution in [1.82, 2.24) is 9.80 Å². The lowest BCUT2D eigenvalue weighted by Gasteiger charge is -2.36. The minimum absolute atomic E-state index is 0.0744. The van der Waals surface area contributed by atoms with Crippen molar-refractivity contribution in [3.05, 3.63) is 0 Å². The Labute approximate surface area is 110 Å². The molecule has 18 heavy (non-hydrogen) atoms. The lowest BCUT2D eigenvalue weighted by atomic mass is 10.1. The summed E-state index contributed by atoms with van der Waals surface area (Å²) in [7, 11) is 0. The first-order valence-electron chi connectivity index (χ1n) is 6.90. The number of rotatable bonds is 6. The van der Waals surface area contributed by atoms with Crippen molar-refractivity contribution in [1.29, 1.82) is 0 Å². The zero-order valence-corrected chi connectivity index (χ0v) is 11.9. The fraction of sp³-hybridized carbons (Fsp3) is 0.923. The molecule has 0 aromatic heterocycles. The van der Waals surface area contributed by atoms with Gasteiger partial charge in [0.1, 0.15) is 0 Å². The highest BCUT2D eigenvalue weighted by Crippen LogP contribution is 2.10. The molecule has 1 rings (SSSR count). The average Bonchev–Trinajstić information content (AvgIpc) is 2.38. The molecule has 1 aliphatic heterocycles. The summed E-state index contributed by atoms with van der Waals surface area (Å²) in [6.45, 7) is 10.5. The number of nitrogens with zero attached hydrogens (tertiary/aromatic N) is 2. The van der Waals surface area contributed by atoms with Crippen molar-refractivity contribution in [2.75, 3.05) is 39.4 Å². The first kappa shape index (κ1) is 15.4. The van der Waals surface area contributed by atoms with Gasteiger partial charge in [0.2, 0.25) is 5.91 Å². The van der Waals surface area contributed by atoms with Crippen molar-refractivity contribution in [3.63, 3.8) is 0 Å². The van der Waals surface area contributed by atoms with Crippen molar-refractivity contribution in [2.24, 2.45) is 5.73 Å². The lowest BCUT2D eigenvalue weighted by molar-refractivity contribution is -0.141. The third kappa shape index (κ3) is 4.23. The van der Waals surface area contributed by atoms with Crippen LogP contribution in [0.3, 0.4) is 0 Å². The molecule has 1 amide bonds. The van der Waals surface area contributed by atoms with E-state index in [4.69, 9.17) is 10.5 Å². The summed E-state index contributed by atoms with van der Waals surface area (Å²) >= 11 is 0. The van der Waals surface area contributed by atoms with E-state index in [2.05, 4.69) is 18.7 Å². The molecule has 0 radical (unpaired) electrons. The standard InChI is InChI=1S/C13H27N3O2/c1-11(2)16(6-4-5-14)12(3)13(17)15-7-9-18-10-8-15/h11-12H,4-10,14H2,1-3H3. The Morgan fingerprint density at radius 3 is 2.44 bits per heavy atom. The average molecular weight is 257 g/mol. The summed E-state index contributed by atoms with van der Waals surface area (Å²) in [5.41, 5.74) is 5.56. The Morgan fingerprint density at radius 2 is 1.94 bits per heavy atom. The van der Waals surface area contributed by atoms with Gasteiger partial charge in [0.05, 0.1) is 19.3 Å². The molecule has 0 saturated carbocycles. The van der Waals surface area contributed by atoms with Gasteiger partial charge in [0.25, 0.3) is 0 Å². The largest absolute Gasteiger partial charge is 0.378 e. The van der Waals surface area contributed by atoms with E-state index in [1.54, 1.807) is 0 Å². The predicted molar refractivity (Wildman–Crippen MR) is 72.4 cm³/mol. The number of carbonyl (C=O) groups excluding carboxylic acids is 1. The molecular weight excluding hydrogens is 230 g/mol. The quantitative estimate of drug-likeness (QED) is 0.743. The van der Waals surface area contributed by atoms with Crippen LogP contribution in [-0.2, 0) is 9.53 Å². The van der Waals surface area contributed by atoms with Crippen LogP contribution < -0.4 is 5.73 Å². The molecule has 1 aliphatic rings. The number of carbonyl (C=O) groups is 1. The number of amides is 1. The third-order valence-corrected chi connectivity index (χ3v) is 3.46. The highest BCUT2D eigenvalue weighted by molar-refractivity contribution is 5.81. The number of hydrogen-bond donors (Lipinski definition) is 1. The first-order chi connectivity index (χ1) is 8.57. The molecule has 0 spiro atoms. The molecule has 0 bridgehead atoms. The number of hydrogen-bond acceptors (Lipinski definition) is 4. The Morgan fingerprint density at radius 1 is 1.33 bits per heavy atom. The number of morpholine rings is 1. The van der Waals surface area contributed by atoms with Crippen molar-refractivity contribution in [3.8, 4) is 0 Å². The van der Waals surface area contributed by atoms with Gasteiger partial charge in [-0.15, -0.1) is 0 Å². The topological polar surface area (TPSA) is 58.8 Å². The van der Waals surface area contributed by atoms with Crippen LogP contribution >= 0.6 is 0 Å². The molecule has 1 heterocycles. The summed E-state index contributed by atoms with van der Waals surface area (Å²) in [5, 5.41) is 0. The van der Waals surface area contributed by atoms with E-state index >= 15 is 0 Å². The Balaban J connectivity index is 2.57. The molecule has 0 aromatic carbocycles. The van der Waals surface area contributed by atoms with Crippen LogP contribution in [0.25, 0.3) is 0 Å². The number of nitrogens with two attached hydrogens (primary N) is 1. The molecule has 1 unspecified atom stereocenters. The molecule has 106 valence electrons. The van der Waals surface area contributed by atoms with Gasteiger partial charge in [-0.1, -0.05) is 0 Å². The van der Waals surface area contributed by atoms with Gasteiger partial charge in [0.15, 0.2) is 0 Å². The van der Waals surface area contributed by atoms with Crippen LogP contribution in [0.5, 0.6) is 0 Å². The molecule has 5 nitrogen and oxygen atoms in total. The SMILES string of the molecule is CC(C)N(CCCN)C(C)C(=O)N1CCOCC1. The highest BCUT2D eigenvalue weighted by atomic mass is 16.5. The predicted octanol–water partition coefficient (Wildman–Crippen LogP) is 0.293. The van der Waals surface area contributed by atoms with Crippen molar-refractivity contribution >= 4 is 5.91 Å². The molecule has 5 heteroatoms. The maximum Gasteiger partial charge on any atom is 0.239 e. The fourth-order valence-corrected chi connectivity index (χ4v) is 2.36. The summed E-state index contributed by atoms with van der Waals surface area (Å²) in [4.78, 5) is 16.5. The lowest BCUT2D eigenvalue weighted by Crippen LogP contribution is -2.52. The smallest absolute Gasteiger partial charge is 0.239 e. The van der Waals surface area contributed by atoms with Crippen LogP contribution in [0.4, 0.5) is 0 Å². The first-order valence-corrected chi connectivity index (χ1v) is 6.90. The summed E-state index contributed by atoms with van der Waals surface area (Å²) in [5.74, 6) is 0.212. The second-order valence-electron chi connectivity index (χ2n) is 5.09. The maximum atomic E-state index is 12.4.